The second-order valence-electron chi connectivity index (χ2n) is 7.44. The number of ether oxygens (including phenoxy) is 1. The van der Waals surface area contributed by atoms with Crippen LogP contribution in [0.5, 0.6) is 0 Å². The number of pyridine rings is 2. The number of hydrogen-bond donors (Lipinski definition) is 0. The summed E-state index contributed by atoms with van der Waals surface area (Å²) in [6, 6.07) is 12.7. The first-order valence-electron chi connectivity index (χ1n) is 9.20. The Morgan fingerprint density at radius 3 is 1.52 bits per heavy atom. The summed E-state index contributed by atoms with van der Waals surface area (Å²) in [5, 5.41) is 2.24. The molecule has 0 saturated carbocycles. The molecule has 4 heterocycles. The van der Waals surface area contributed by atoms with Crippen LogP contribution in [0.1, 0.15) is 34.7 Å². The van der Waals surface area contributed by atoms with E-state index in [0.717, 1.165) is 63.9 Å². The molecule has 6 rings (SSSR count). The third-order valence-corrected chi connectivity index (χ3v) is 8.40. The van der Waals surface area contributed by atoms with Crippen molar-refractivity contribution in [2.45, 2.75) is 25.0 Å². The van der Waals surface area contributed by atoms with E-state index in [1.54, 1.807) is 0 Å². The summed E-state index contributed by atoms with van der Waals surface area (Å²) in [4.78, 5) is 10.0. The Morgan fingerprint density at radius 2 is 1.07 bits per heavy atom. The molecule has 2 atom stereocenters. The SMILES string of the molecule is Brc1ccc(Br)c2nc3c(cc12)C[C@H]1O[C@@H]3Cc2cc3c(Br)ccc(Br)c3nc21. The highest BCUT2D eigenvalue weighted by atomic mass is 79.9. The monoisotopic (exact) mass is 636 g/mol. The number of fused-ring (bicyclic) bond motifs is 8. The first kappa shape index (κ1) is 18.9. The quantitative estimate of drug-likeness (QED) is 0.197. The molecule has 0 N–H and O–H groups in total. The highest BCUT2D eigenvalue weighted by Gasteiger charge is 2.37. The summed E-state index contributed by atoms with van der Waals surface area (Å²) < 4.78 is 10.5. The van der Waals surface area contributed by atoms with Gasteiger partial charge in [-0.3, -0.25) is 0 Å². The van der Waals surface area contributed by atoms with Gasteiger partial charge in [0.1, 0.15) is 12.2 Å². The number of hydrogen-bond acceptors (Lipinski definition) is 3. The summed E-state index contributed by atoms with van der Waals surface area (Å²) in [5.74, 6) is 0. The molecule has 2 aliphatic rings. The summed E-state index contributed by atoms with van der Waals surface area (Å²) >= 11 is 14.6. The fourth-order valence-corrected chi connectivity index (χ4v) is 6.13. The van der Waals surface area contributed by atoms with E-state index in [-0.39, 0.29) is 12.2 Å². The normalized spacial score (nSPS) is 20.0. The topological polar surface area (TPSA) is 35.0 Å². The van der Waals surface area contributed by atoms with Crippen molar-refractivity contribution >= 4 is 85.5 Å². The molecule has 0 unspecified atom stereocenters. The van der Waals surface area contributed by atoms with Crippen LogP contribution in [-0.2, 0) is 17.6 Å². The van der Waals surface area contributed by atoms with E-state index >= 15 is 0 Å². The highest BCUT2D eigenvalue weighted by molar-refractivity contribution is 9.11. The molecule has 0 radical (unpaired) electrons. The Labute approximate surface area is 200 Å². The first-order valence-corrected chi connectivity index (χ1v) is 12.4. The number of rotatable bonds is 0. The van der Waals surface area contributed by atoms with Crippen molar-refractivity contribution in [3.63, 3.8) is 0 Å². The van der Waals surface area contributed by atoms with Crippen LogP contribution in [0.25, 0.3) is 21.8 Å². The number of aromatic nitrogens is 2. The van der Waals surface area contributed by atoms with Crippen LogP contribution >= 0.6 is 63.7 Å². The van der Waals surface area contributed by atoms with Gasteiger partial charge in [-0.05, 0) is 79.4 Å². The molecular formula is C22H12Br4N2O. The molecule has 0 fully saturated rings. The van der Waals surface area contributed by atoms with E-state index in [1.165, 1.54) is 11.1 Å². The largest absolute Gasteiger partial charge is 0.362 e. The van der Waals surface area contributed by atoms with Crippen molar-refractivity contribution in [2.75, 3.05) is 0 Å². The lowest BCUT2D eigenvalue weighted by Crippen LogP contribution is -2.29. The van der Waals surface area contributed by atoms with Gasteiger partial charge in [-0.1, -0.05) is 31.9 Å². The zero-order chi connectivity index (χ0) is 19.9. The van der Waals surface area contributed by atoms with Crippen molar-refractivity contribution < 1.29 is 4.74 Å². The Hall–Kier alpha value is -0.860. The Bertz CT molecular complexity index is 1250. The average molecular weight is 640 g/mol. The summed E-state index contributed by atoms with van der Waals surface area (Å²) in [6.45, 7) is 0. The minimum atomic E-state index is -0.0447. The standard InChI is InChI=1S/C22H12Br4N2O/c23-13-1-3-15(25)21-11(13)5-9-7-17-20-10(8-18(29-17)19(9)27-21)6-12-14(24)2-4-16(26)22(12)28-20/h1-6,17-18H,7-8H2/t17-,18-/m1/s1. The molecule has 0 saturated heterocycles. The maximum Gasteiger partial charge on any atom is 0.105 e. The Kier molecular flexibility index (Phi) is 4.44. The molecule has 3 nitrogen and oxygen atoms in total. The van der Waals surface area contributed by atoms with Gasteiger partial charge in [-0.15, -0.1) is 0 Å². The molecule has 29 heavy (non-hydrogen) atoms. The number of halogens is 4. The third kappa shape index (κ3) is 2.88. The Balaban J connectivity index is 1.55. The molecule has 2 bridgehead atoms. The molecule has 0 amide bonds. The summed E-state index contributed by atoms with van der Waals surface area (Å²) in [6.07, 6.45) is 1.48. The van der Waals surface area contributed by atoms with Crippen molar-refractivity contribution in [3.8, 4) is 0 Å². The number of benzene rings is 2. The van der Waals surface area contributed by atoms with Crippen molar-refractivity contribution in [3.05, 3.63) is 76.8 Å². The van der Waals surface area contributed by atoms with Crippen LogP contribution in [-0.4, -0.2) is 9.97 Å². The highest BCUT2D eigenvalue weighted by Crippen LogP contribution is 2.46. The summed E-state index contributed by atoms with van der Waals surface area (Å²) in [5.41, 5.74) is 6.53. The summed E-state index contributed by atoms with van der Waals surface area (Å²) in [7, 11) is 0. The maximum atomic E-state index is 6.43. The lowest BCUT2D eigenvalue weighted by Gasteiger charge is -2.37. The van der Waals surface area contributed by atoms with Gasteiger partial charge in [0.15, 0.2) is 0 Å². The predicted molar refractivity (Wildman–Crippen MR) is 128 cm³/mol. The van der Waals surface area contributed by atoms with Gasteiger partial charge in [0.05, 0.1) is 22.4 Å². The molecule has 7 heteroatoms. The molecule has 2 aromatic carbocycles. The van der Waals surface area contributed by atoms with Crippen molar-refractivity contribution in [1.82, 2.24) is 9.97 Å². The van der Waals surface area contributed by atoms with E-state index < -0.39 is 0 Å². The molecule has 2 aromatic heterocycles. The van der Waals surface area contributed by atoms with E-state index in [4.69, 9.17) is 14.7 Å². The second kappa shape index (κ2) is 6.82. The zero-order valence-electron chi connectivity index (χ0n) is 14.8. The van der Waals surface area contributed by atoms with Gasteiger partial charge in [0.2, 0.25) is 0 Å². The smallest absolute Gasteiger partial charge is 0.105 e. The minimum absolute atomic E-state index is 0.0447. The van der Waals surface area contributed by atoms with Gasteiger partial charge in [0, 0.05) is 41.5 Å². The first-order chi connectivity index (χ1) is 14.0. The molecule has 4 aromatic rings. The van der Waals surface area contributed by atoms with Gasteiger partial charge >= 0.3 is 0 Å². The van der Waals surface area contributed by atoms with Crippen molar-refractivity contribution in [2.24, 2.45) is 0 Å². The average Bonchev–Trinajstić information content (AvgIpc) is 2.72. The third-order valence-electron chi connectivity index (χ3n) is 5.74. The van der Waals surface area contributed by atoms with E-state index in [2.05, 4.69) is 88.0 Å². The van der Waals surface area contributed by atoms with Gasteiger partial charge < -0.3 is 4.74 Å². The van der Waals surface area contributed by atoms with Gasteiger partial charge in [0.25, 0.3) is 0 Å². The maximum absolute atomic E-state index is 6.43. The molecule has 2 aliphatic heterocycles. The van der Waals surface area contributed by atoms with Gasteiger partial charge in [-0.2, -0.15) is 0 Å². The van der Waals surface area contributed by atoms with Crippen molar-refractivity contribution in [1.29, 1.82) is 0 Å². The predicted octanol–water partition coefficient (Wildman–Crippen LogP) is 7.74. The van der Waals surface area contributed by atoms with Crippen LogP contribution in [0.4, 0.5) is 0 Å². The van der Waals surface area contributed by atoms with Crippen LogP contribution in [0.15, 0.2) is 54.3 Å². The number of nitrogens with zero attached hydrogens (tertiary/aromatic N) is 2. The fourth-order valence-electron chi connectivity index (χ4n) is 4.40. The molecule has 144 valence electrons. The molecular weight excluding hydrogens is 628 g/mol. The fraction of sp³-hybridized carbons (Fsp3) is 0.182. The van der Waals surface area contributed by atoms with Crippen LogP contribution in [0.2, 0.25) is 0 Å². The Morgan fingerprint density at radius 1 is 0.655 bits per heavy atom. The second-order valence-corrected chi connectivity index (χ2v) is 10.9. The molecule has 0 spiro atoms. The van der Waals surface area contributed by atoms with Crippen LogP contribution in [0, 0.1) is 0 Å². The minimum Gasteiger partial charge on any atom is -0.362 e. The van der Waals surface area contributed by atoms with E-state index in [9.17, 15) is 0 Å². The van der Waals surface area contributed by atoms with Gasteiger partial charge in [-0.25, -0.2) is 9.97 Å². The lowest BCUT2D eigenvalue weighted by atomic mass is 9.86. The molecule has 0 aliphatic carbocycles. The zero-order valence-corrected chi connectivity index (χ0v) is 21.2. The van der Waals surface area contributed by atoms with Crippen LogP contribution in [0.3, 0.4) is 0 Å². The van der Waals surface area contributed by atoms with E-state index in [1.807, 2.05) is 12.1 Å². The van der Waals surface area contributed by atoms with E-state index in [0.29, 0.717) is 0 Å². The lowest BCUT2D eigenvalue weighted by molar-refractivity contribution is -0.0440. The van der Waals surface area contributed by atoms with Crippen LogP contribution < -0.4 is 0 Å².